The molecule has 0 aliphatic heterocycles. The molecule has 0 saturated heterocycles. The first-order valence-corrected chi connectivity index (χ1v) is 6.20. The van der Waals surface area contributed by atoms with E-state index in [-0.39, 0.29) is 11.9 Å². The first kappa shape index (κ1) is 14.7. The predicted molar refractivity (Wildman–Crippen MR) is 74.8 cm³/mol. The van der Waals surface area contributed by atoms with Crippen LogP contribution < -0.4 is 5.73 Å². The van der Waals surface area contributed by atoms with Crippen LogP contribution in [0.1, 0.15) is 30.0 Å². The molecule has 1 rings (SSSR count). The number of aliphatic hydroxyl groups excluding tert-OH is 1. The number of rotatable bonds is 6. The summed E-state index contributed by atoms with van der Waals surface area (Å²) in [7, 11) is 2.04. The molecule has 4 N–H and O–H groups in total. The minimum absolute atomic E-state index is 0.104. The topological polar surface area (TPSA) is 73.3 Å². The van der Waals surface area contributed by atoms with E-state index < -0.39 is 0 Å². The van der Waals surface area contributed by atoms with Gasteiger partial charge in [-0.1, -0.05) is 12.1 Å². The van der Waals surface area contributed by atoms with E-state index in [1.54, 1.807) is 6.92 Å². The highest BCUT2D eigenvalue weighted by Crippen LogP contribution is 2.13. The van der Waals surface area contributed by atoms with Crippen LogP contribution in [0.4, 0.5) is 0 Å². The van der Waals surface area contributed by atoms with Crippen molar-refractivity contribution in [1.29, 1.82) is 5.41 Å². The zero-order valence-corrected chi connectivity index (χ0v) is 11.4. The number of nitrogen functional groups attached to an aromatic ring is 1. The summed E-state index contributed by atoms with van der Waals surface area (Å²) in [5.74, 6) is 0.104. The molecule has 1 atom stereocenters. The quantitative estimate of drug-likeness (QED) is 0.528. The van der Waals surface area contributed by atoms with E-state index in [9.17, 15) is 5.11 Å². The van der Waals surface area contributed by atoms with Crippen LogP contribution >= 0.6 is 0 Å². The van der Waals surface area contributed by atoms with E-state index in [0.29, 0.717) is 0 Å². The molecule has 0 aromatic heterocycles. The number of benzene rings is 1. The van der Waals surface area contributed by atoms with Crippen LogP contribution in [0.2, 0.25) is 0 Å². The molecule has 4 nitrogen and oxygen atoms in total. The number of nitrogens with two attached hydrogens (primary N) is 1. The highest BCUT2D eigenvalue weighted by molar-refractivity contribution is 5.95. The van der Waals surface area contributed by atoms with Crippen molar-refractivity contribution in [2.24, 2.45) is 5.73 Å². The maximum Gasteiger partial charge on any atom is 0.122 e. The Hall–Kier alpha value is -1.39. The van der Waals surface area contributed by atoms with Gasteiger partial charge in [-0.3, -0.25) is 5.41 Å². The number of hydrogen-bond donors (Lipinski definition) is 3. The summed E-state index contributed by atoms with van der Waals surface area (Å²) in [6.45, 7) is 5.55. The molecule has 0 aliphatic carbocycles. The monoisotopic (exact) mass is 249 g/mol. The van der Waals surface area contributed by atoms with Gasteiger partial charge in [-0.25, -0.2) is 0 Å². The van der Waals surface area contributed by atoms with Gasteiger partial charge >= 0.3 is 0 Å². The van der Waals surface area contributed by atoms with Crippen molar-refractivity contribution in [3.05, 3.63) is 34.9 Å². The second-order valence-electron chi connectivity index (χ2n) is 4.93. The Morgan fingerprint density at radius 1 is 1.50 bits per heavy atom. The van der Waals surface area contributed by atoms with E-state index in [4.69, 9.17) is 11.1 Å². The van der Waals surface area contributed by atoms with Crippen molar-refractivity contribution in [2.75, 3.05) is 13.6 Å². The largest absolute Gasteiger partial charge is 0.393 e. The number of hydrogen-bond acceptors (Lipinski definition) is 3. The third-order valence-electron chi connectivity index (χ3n) is 3.02. The molecule has 0 aliphatic rings. The molecule has 1 aromatic carbocycles. The minimum Gasteiger partial charge on any atom is -0.393 e. The van der Waals surface area contributed by atoms with Crippen LogP contribution in [-0.2, 0) is 6.54 Å². The van der Waals surface area contributed by atoms with Crippen molar-refractivity contribution >= 4 is 5.84 Å². The van der Waals surface area contributed by atoms with Gasteiger partial charge in [0.05, 0.1) is 6.10 Å². The van der Waals surface area contributed by atoms with Crippen LogP contribution in [0, 0.1) is 12.3 Å². The smallest absolute Gasteiger partial charge is 0.122 e. The standard InChI is InChI=1S/C14H23N3O/c1-10-8-12(14(15)16)4-5-13(10)9-17(3)7-6-11(2)18/h4-5,8,11,18H,6-7,9H2,1-3H3,(H3,15,16). The summed E-state index contributed by atoms with van der Waals surface area (Å²) in [5, 5.41) is 16.7. The number of nitrogens with one attached hydrogen (secondary N) is 1. The zero-order valence-electron chi connectivity index (χ0n) is 11.4. The SMILES string of the molecule is Cc1cc(C(=N)N)ccc1CN(C)CCC(C)O. The highest BCUT2D eigenvalue weighted by atomic mass is 16.3. The molecule has 18 heavy (non-hydrogen) atoms. The Bertz CT molecular complexity index is 416. The summed E-state index contributed by atoms with van der Waals surface area (Å²) in [6.07, 6.45) is 0.523. The fourth-order valence-corrected chi connectivity index (χ4v) is 1.82. The Morgan fingerprint density at radius 2 is 2.17 bits per heavy atom. The molecule has 0 spiro atoms. The molecule has 100 valence electrons. The lowest BCUT2D eigenvalue weighted by atomic mass is 10.0. The average molecular weight is 249 g/mol. The predicted octanol–water partition coefficient (Wildman–Crippen LogP) is 1.48. The fraction of sp³-hybridized carbons (Fsp3) is 0.500. The molecule has 0 radical (unpaired) electrons. The van der Waals surface area contributed by atoms with Gasteiger partial charge in [0.2, 0.25) is 0 Å². The van der Waals surface area contributed by atoms with Gasteiger partial charge in [-0.05, 0) is 44.5 Å². The molecule has 0 amide bonds. The van der Waals surface area contributed by atoms with Crippen LogP contribution in [-0.4, -0.2) is 35.5 Å². The van der Waals surface area contributed by atoms with Gasteiger partial charge in [0.1, 0.15) is 5.84 Å². The summed E-state index contributed by atoms with van der Waals surface area (Å²) in [6, 6.07) is 5.85. The van der Waals surface area contributed by atoms with Crippen LogP contribution in [0.5, 0.6) is 0 Å². The van der Waals surface area contributed by atoms with Gasteiger partial charge < -0.3 is 15.7 Å². The number of aliphatic hydroxyl groups is 1. The molecule has 0 bridgehead atoms. The number of nitrogens with zero attached hydrogens (tertiary/aromatic N) is 1. The highest BCUT2D eigenvalue weighted by Gasteiger charge is 2.06. The summed E-state index contributed by atoms with van der Waals surface area (Å²) >= 11 is 0. The third-order valence-corrected chi connectivity index (χ3v) is 3.02. The molecule has 0 heterocycles. The van der Waals surface area contributed by atoms with Crippen LogP contribution in [0.3, 0.4) is 0 Å². The van der Waals surface area contributed by atoms with Crippen LogP contribution in [0.25, 0.3) is 0 Å². The van der Waals surface area contributed by atoms with E-state index in [2.05, 4.69) is 4.90 Å². The number of aryl methyl sites for hydroxylation is 1. The summed E-state index contributed by atoms with van der Waals surface area (Å²) in [4.78, 5) is 2.18. The minimum atomic E-state index is -0.256. The van der Waals surface area contributed by atoms with Gasteiger partial charge in [0.15, 0.2) is 0 Å². The Balaban J connectivity index is 2.64. The van der Waals surface area contributed by atoms with Crippen molar-refractivity contribution in [3.63, 3.8) is 0 Å². The lowest BCUT2D eigenvalue weighted by Gasteiger charge is -2.19. The summed E-state index contributed by atoms with van der Waals surface area (Å²) < 4.78 is 0. The second-order valence-corrected chi connectivity index (χ2v) is 4.93. The third kappa shape index (κ3) is 4.47. The Labute approximate surface area is 109 Å². The lowest BCUT2D eigenvalue weighted by Crippen LogP contribution is -2.22. The maximum absolute atomic E-state index is 9.26. The first-order chi connectivity index (χ1) is 8.40. The molecule has 0 fully saturated rings. The van der Waals surface area contributed by atoms with E-state index in [1.807, 2.05) is 32.2 Å². The molecule has 4 heteroatoms. The van der Waals surface area contributed by atoms with Crippen LogP contribution in [0.15, 0.2) is 18.2 Å². The Morgan fingerprint density at radius 3 is 2.67 bits per heavy atom. The van der Waals surface area contributed by atoms with Gasteiger partial charge in [0, 0.05) is 18.7 Å². The van der Waals surface area contributed by atoms with E-state index in [1.165, 1.54) is 5.56 Å². The molecular formula is C14H23N3O. The summed E-state index contributed by atoms with van der Waals surface area (Å²) in [5.41, 5.74) is 8.60. The molecule has 1 unspecified atom stereocenters. The van der Waals surface area contributed by atoms with Gasteiger partial charge in [-0.2, -0.15) is 0 Å². The van der Waals surface area contributed by atoms with Crippen molar-refractivity contribution in [2.45, 2.75) is 32.9 Å². The molecule has 1 aromatic rings. The van der Waals surface area contributed by atoms with Gasteiger partial charge in [0.25, 0.3) is 0 Å². The van der Waals surface area contributed by atoms with E-state index in [0.717, 1.165) is 30.6 Å². The maximum atomic E-state index is 9.26. The average Bonchev–Trinajstić information content (AvgIpc) is 2.29. The van der Waals surface area contributed by atoms with Crippen molar-refractivity contribution in [3.8, 4) is 0 Å². The zero-order chi connectivity index (χ0) is 13.7. The second kappa shape index (κ2) is 6.52. The number of amidine groups is 1. The first-order valence-electron chi connectivity index (χ1n) is 6.20. The Kier molecular flexibility index (Phi) is 5.31. The van der Waals surface area contributed by atoms with E-state index >= 15 is 0 Å². The molecular weight excluding hydrogens is 226 g/mol. The van der Waals surface area contributed by atoms with Crippen molar-refractivity contribution < 1.29 is 5.11 Å². The lowest BCUT2D eigenvalue weighted by molar-refractivity contribution is 0.163. The molecule has 0 saturated carbocycles. The fourth-order valence-electron chi connectivity index (χ4n) is 1.82. The normalized spacial score (nSPS) is 12.7. The van der Waals surface area contributed by atoms with Gasteiger partial charge in [-0.15, -0.1) is 0 Å². The van der Waals surface area contributed by atoms with Crippen molar-refractivity contribution in [1.82, 2.24) is 4.90 Å².